The molecule has 2 aromatic rings. The molecule has 0 aliphatic carbocycles. The molecule has 3 rings (SSSR count). The van der Waals surface area contributed by atoms with Gasteiger partial charge >= 0.3 is 12.1 Å². The highest BCUT2D eigenvalue weighted by atomic mass is 16.5. The van der Waals surface area contributed by atoms with Gasteiger partial charge in [0.05, 0.1) is 27.4 Å². The Morgan fingerprint density at radius 2 is 1.71 bits per heavy atom. The molecule has 2 amide bonds. The molecule has 9 nitrogen and oxygen atoms in total. The fraction of sp³-hybridized carbons (Fsp3) is 0.472. The van der Waals surface area contributed by atoms with Crippen LogP contribution in [0.5, 0.6) is 5.75 Å². The summed E-state index contributed by atoms with van der Waals surface area (Å²) in [6, 6.07) is 8.07. The van der Waals surface area contributed by atoms with Gasteiger partial charge < -0.3 is 29.2 Å². The molecule has 1 N–H and O–H groups in total. The highest BCUT2D eigenvalue weighted by molar-refractivity contribution is 5.91. The molecule has 3 atom stereocenters. The Morgan fingerprint density at radius 3 is 2.36 bits per heavy atom. The minimum Gasteiger partial charge on any atom is -0.496 e. The number of nitrogens with zero attached hydrogens (tertiary/aromatic N) is 1. The largest absolute Gasteiger partial charge is 0.496 e. The lowest BCUT2D eigenvalue weighted by molar-refractivity contribution is -0.151. The molecule has 0 radical (unpaired) electrons. The molecule has 1 fully saturated rings. The average molecular weight is 621 g/mol. The van der Waals surface area contributed by atoms with Crippen LogP contribution in [0.2, 0.25) is 0 Å². The molecule has 0 spiro atoms. The SMILES string of the molecule is C=CCCCCCC(NC(=O)OCCCCC=C)C(=O)N1C[C@](OC)(c2ccc3cc(OC)c(C=C)cc3c2)C[C@H]1C(=O)OC. The maximum Gasteiger partial charge on any atom is 0.407 e. The molecule has 1 aliphatic heterocycles. The summed E-state index contributed by atoms with van der Waals surface area (Å²) in [6.07, 6.45) is 11.1. The maximum atomic E-state index is 14.2. The van der Waals surface area contributed by atoms with Gasteiger partial charge in [-0.15, -0.1) is 13.2 Å². The lowest BCUT2D eigenvalue weighted by Gasteiger charge is -2.30. The number of unbranched alkanes of at least 4 members (excludes halogenated alkanes) is 5. The van der Waals surface area contributed by atoms with Crippen LogP contribution >= 0.6 is 0 Å². The fourth-order valence-corrected chi connectivity index (χ4v) is 5.85. The first-order chi connectivity index (χ1) is 21.8. The second kappa shape index (κ2) is 17.4. The summed E-state index contributed by atoms with van der Waals surface area (Å²) in [7, 11) is 4.50. The summed E-state index contributed by atoms with van der Waals surface area (Å²) in [5.74, 6) is -0.208. The van der Waals surface area contributed by atoms with Crippen LogP contribution in [-0.4, -0.2) is 69.4 Å². The van der Waals surface area contributed by atoms with Gasteiger partial charge in [0.2, 0.25) is 5.91 Å². The van der Waals surface area contributed by atoms with Gasteiger partial charge in [0.1, 0.15) is 23.4 Å². The van der Waals surface area contributed by atoms with Crippen LogP contribution in [0.25, 0.3) is 16.8 Å². The fourth-order valence-electron chi connectivity index (χ4n) is 5.85. The molecular formula is C36H48N2O7. The quantitative estimate of drug-likeness (QED) is 0.112. The maximum absolute atomic E-state index is 14.2. The predicted molar refractivity (Wildman–Crippen MR) is 177 cm³/mol. The topological polar surface area (TPSA) is 103 Å². The molecular weight excluding hydrogens is 572 g/mol. The highest BCUT2D eigenvalue weighted by Gasteiger charge is 2.52. The molecule has 1 heterocycles. The van der Waals surface area contributed by atoms with E-state index in [1.165, 1.54) is 12.0 Å². The van der Waals surface area contributed by atoms with Crippen molar-refractivity contribution in [1.29, 1.82) is 0 Å². The number of rotatable bonds is 18. The van der Waals surface area contributed by atoms with E-state index in [1.807, 2.05) is 42.5 Å². The number of carbonyl (C=O) groups is 3. The molecule has 2 aromatic carbocycles. The third-order valence-electron chi connectivity index (χ3n) is 8.43. The standard InChI is InChI=1S/C36H48N2O7/c1-7-10-12-14-15-17-30(37-35(41)45-20-16-13-11-8-2)33(39)38-25-36(44-6,24-31(38)34(40)43-5)29-19-18-27-23-32(42-4)26(9-3)21-28(27)22-29/h7-9,18-19,21-23,30-31H,1-3,10-17,20,24-25H2,4-6H3,(H,37,41)/t30?,31-,36-/m0/s1. The highest BCUT2D eigenvalue weighted by Crippen LogP contribution is 2.41. The summed E-state index contributed by atoms with van der Waals surface area (Å²) in [6.45, 7) is 11.7. The van der Waals surface area contributed by atoms with Crippen molar-refractivity contribution in [3.8, 4) is 5.75 Å². The van der Waals surface area contributed by atoms with Crippen molar-refractivity contribution in [3.63, 3.8) is 0 Å². The van der Waals surface area contributed by atoms with Crippen molar-refractivity contribution in [2.45, 2.75) is 75.5 Å². The Balaban J connectivity index is 1.90. The van der Waals surface area contributed by atoms with Crippen LogP contribution in [0.3, 0.4) is 0 Å². The number of allylic oxidation sites excluding steroid dienone is 2. The van der Waals surface area contributed by atoms with Gasteiger partial charge in [-0.1, -0.05) is 49.8 Å². The Labute approximate surface area is 267 Å². The van der Waals surface area contributed by atoms with Crippen LogP contribution in [0.15, 0.2) is 62.2 Å². The second-order valence-corrected chi connectivity index (χ2v) is 11.3. The van der Waals surface area contributed by atoms with Crippen LogP contribution in [-0.2, 0) is 29.4 Å². The minimum absolute atomic E-state index is 0.101. The Morgan fingerprint density at radius 1 is 0.978 bits per heavy atom. The van der Waals surface area contributed by atoms with E-state index in [0.29, 0.717) is 25.0 Å². The number of hydrogen-bond acceptors (Lipinski definition) is 7. The van der Waals surface area contributed by atoms with Gasteiger partial charge in [0.15, 0.2) is 0 Å². The summed E-state index contributed by atoms with van der Waals surface area (Å²) < 4.78 is 22.2. The van der Waals surface area contributed by atoms with Crippen molar-refractivity contribution in [3.05, 3.63) is 73.3 Å². The summed E-state index contributed by atoms with van der Waals surface area (Å²) in [5.41, 5.74) is 0.672. The van der Waals surface area contributed by atoms with Gasteiger partial charge in [-0.2, -0.15) is 0 Å². The van der Waals surface area contributed by atoms with E-state index in [0.717, 1.165) is 54.0 Å². The number of amides is 2. The van der Waals surface area contributed by atoms with Gasteiger partial charge in [0, 0.05) is 19.1 Å². The van der Waals surface area contributed by atoms with E-state index in [4.69, 9.17) is 18.9 Å². The zero-order valence-electron chi connectivity index (χ0n) is 27.0. The number of fused-ring (bicyclic) bond motifs is 1. The van der Waals surface area contributed by atoms with E-state index in [9.17, 15) is 14.4 Å². The van der Waals surface area contributed by atoms with Crippen LogP contribution < -0.4 is 10.1 Å². The number of nitrogens with one attached hydrogen (secondary N) is 1. The molecule has 0 aromatic heterocycles. The van der Waals surface area contributed by atoms with Crippen LogP contribution in [0, 0.1) is 0 Å². The van der Waals surface area contributed by atoms with E-state index >= 15 is 0 Å². The van der Waals surface area contributed by atoms with Crippen molar-refractivity contribution in [1.82, 2.24) is 10.2 Å². The molecule has 1 saturated heterocycles. The molecule has 244 valence electrons. The first-order valence-corrected chi connectivity index (χ1v) is 15.6. The van der Waals surface area contributed by atoms with E-state index in [2.05, 4.69) is 25.1 Å². The van der Waals surface area contributed by atoms with E-state index in [1.54, 1.807) is 20.3 Å². The van der Waals surface area contributed by atoms with Gasteiger partial charge in [-0.05, 0) is 73.1 Å². The predicted octanol–water partition coefficient (Wildman–Crippen LogP) is 6.69. The van der Waals surface area contributed by atoms with Crippen molar-refractivity contribution in [2.75, 3.05) is 34.5 Å². The summed E-state index contributed by atoms with van der Waals surface area (Å²) in [4.78, 5) is 41.6. The first kappa shape index (κ1) is 35.4. The lowest BCUT2D eigenvalue weighted by Crippen LogP contribution is -2.52. The average Bonchev–Trinajstić information content (AvgIpc) is 3.47. The number of esters is 1. The molecule has 0 saturated carbocycles. The van der Waals surface area contributed by atoms with Gasteiger partial charge in [-0.25, -0.2) is 9.59 Å². The third-order valence-corrected chi connectivity index (χ3v) is 8.43. The number of likely N-dealkylation sites (tertiary alicyclic amines) is 1. The number of methoxy groups -OCH3 is 3. The van der Waals surface area contributed by atoms with E-state index in [-0.39, 0.29) is 25.5 Å². The monoisotopic (exact) mass is 620 g/mol. The van der Waals surface area contributed by atoms with Gasteiger partial charge in [0.25, 0.3) is 0 Å². The number of hydrogen-bond donors (Lipinski definition) is 1. The van der Waals surface area contributed by atoms with Gasteiger partial charge in [-0.3, -0.25) is 4.79 Å². The van der Waals surface area contributed by atoms with Crippen LogP contribution in [0.1, 0.15) is 68.9 Å². The van der Waals surface area contributed by atoms with Crippen molar-refractivity contribution in [2.24, 2.45) is 0 Å². The lowest BCUT2D eigenvalue weighted by atomic mass is 9.89. The smallest absolute Gasteiger partial charge is 0.407 e. The molecule has 9 heteroatoms. The van der Waals surface area contributed by atoms with Crippen molar-refractivity contribution < 1.29 is 33.3 Å². The normalized spacial score (nSPS) is 18.2. The zero-order chi connectivity index (χ0) is 32.8. The second-order valence-electron chi connectivity index (χ2n) is 11.3. The van der Waals surface area contributed by atoms with Crippen LogP contribution in [0.4, 0.5) is 4.79 Å². The molecule has 1 unspecified atom stereocenters. The number of carbonyl (C=O) groups excluding carboxylic acids is 3. The van der Waals surface area contributed by atoms with E-state index < -0.39 is 29.7 Å². The third kappa shape index (κ3) is 8.97. The molecule has 1 aliphatic rings. The Hall–Kier alpha value is -4.11. The Kier molecular flexibility index (Phi) is 13.7. The number of alkyl carbamates (subject to hydrolysis) is 1. The number of benzene rings is 2. The molecule has 45 heavy (non-hydrogen) atoms. The summed E-state index contributed by atoms with van der Waals surface area (Å²) >= 11 is 0. The molecule has 0 bridgehead atoms. The minimum atomic E-state index is -0.989. The first-order valence-electron chi connectivity index (χ1n) is 15.6. The summed E-state index contributed by atoms with van der Waals surface area (Å²) in [5, 5.41) is 4.68. The Bertz CT molecular complexity index is 1360. The zero-order valence-corrected chi connectivity index (χ0v) is 27.0. The van der Waals surface area contributed by atoms with Crippen molar-refractivity contribution >= 4 is 34.8 Å². The number of ether oxygens (including phenoxy) is 4.